The van der Waals surface area contributed by atoms with E-state index in [0.717, 1.165) is 0 Å². The normalized spacial score (nSPS) is 21.2. The molecular weight excluding hydrogens is 301 g/mol. The van der Waals surface area contributed by atoms with Crippen LogP contribution in [0.2, 0.25) is 0 Å². The van der Waals surface area contributed by atoms with Crippen molar-refractivity contribution < 1.29 is 18.0 Å². The second-order valence-corrected chi connectivity index (χ2v) is 5.12. The molecule has 0 aliphatic carbocycles. The summed E-state index contributed by atoms with van der Waals surface area (Å²) in [6, 6.07) is -0.473. The molecule has 7 heteroatoms. The summed E-state index contributed by atoms with van der Waals surface area (Å²) in [5.41, 5.74) is 0. The van der Waals surface area contributed by atoms with Crippen molar-refractivity contribution in [1.29, 1.82) is 0 Å². The summed E-state index contributed by atoms with van der Waals surface area (Å²) >= 11 is 3.06. The van der Waals surface area contributed by atoms with Gasteiger partial charge in [-0.3, -0.25) is 0 Å². The molecule has 2 amide bonds. The van der Waals surface area contributed by atoms with Gasteiger partial charge in [0.1, 0.15) is 0 Å². The van der Waals surface area contributed by atoms with Gasteiger partial charge in [-0.15, -0.1) is 0 Å². The Labute approximate surface area is 106 Å². The monoisotopic (exact) mass is 314 g/mol. The van der Waals surface area contributed by atoms with Gasteiger partial charge < -0.3 is 10.2 Å². The molecule has 1 atom stereocenters. The fourth-order valence-electron chi connectivity index (χ4n) is 1.71. The van der Waals surface area contributed by atoms with Crippen LogP contribution in [0.4, 0.5) is 18.0 Å². The van der Waals surface area contributed by atoms with Gasteiger partial charge in [-0.05, 0) is 12.8 Å². The Hall–Kier alpha value is -0.720. The first-order valence-electron chi connectivity index (χ1n) is 5.23. The molecule has 0 radical (unpaired) electrons. The Bertz CT molecular complexity index is 306. The maximum atomic E-state index is 12.5. The van der Waals surface area contributed by atoms with Crippen LogP contribution >= 0.6 is 15.9 Å². The number of alkyl halides is 3. The van der Waals surface area contributed by atoms with Crippen LogP contribution in [0.15, 0.2) is 11.1 Å². The number of carbonyl (C=O) groups excluding carboxylic acids is 1. The van der Waals surface area contributed by atoms with Crippen molar-refractivity contribution in [3.8, 4) is 0 Å². The number of hydrogen-bond donors (Lipinski definition) is 1. The summed E-state index contributed by atoms with van der Waals surface area (Å²) in [4.78, 5) is 12.8. The molecule has 1 saturated heterocycles. The fraction of sp³-hybridized carbons (Fsp3) is 0.700. The Morgan fingerprint density at radius 1 is 1.53 bits per heavy atom. The number of urea groups is 1. The number of hydrogen-bond acceptors (Lipinski definition) is 1. The largest absolute Gasteiger partial charge is 0.393 e. The third-order valence-corrected chi connectivity index (χ3v) is 2.88. The predicted molar refractivity (Wildman–Crippen MR) is 61.8 cm³/mol. The molecule has 1 heterocycles. The molecule has 1 rings (SSSR count). The zero-order chi connectivity index (χ0) is 13.1. The van der Waals surface area contributed by atoms with Crippen LogP contribution < -0.4 is 5.32 Å². The van der Waals surface area contributed by atoms with Gasteiger partial charge in [0.25, 0.3) is 0 Å². The number of rotatable bonds is 2. The molecule has 0 spiro atoms. The number of likely N-dealkylation sites (tertiary alicyclic amines) is 1. The maximum Gasteiger partial charge on any atom is 0.393 e. The summed E-state index contributed by atoms with van der Waals surface area (Å²) in [6.45, 7) is 3.85. The van der Waals surface area contributed by atoms with Crippen molar-refractivity contribution in [2.24, 2.45) is 5.92 Å². The van der Waals surface area contributed by atoms with Crippen molar-refractivity contribution in [2.45, 2.75) is 19.0 Å². The van der Waals surface area contributed by atoms with Crippen molar-refractivity contribution >= 4 is 22.0 Å². The van der Waals surface area contributed by atoms with Gasteiger partial charge in [-0.25, -0.2) is 4.79 Å². The zero-order valence-electron chi connectivity index (χ0n) is 9.19. The molecule has 17 heavy (non-hydrogen) atoms. The minimum atomic E-state index is -4.22. The highest BCUT2D eigenvalue weighted by atomic mass is 79.9. The van der Waals surface area contributed by atoms with E-state index >= 15 is 0 Å². The molecule has 0 bridgehead atoms. The average molecular weight is 315 g/mol. The lowest BCUT2D eigenvalue weighted by molar-refractivity contribution is -0.183. The van der Waals surface area contributed by atoms with E-state index in [2.05, 4.69) is 27.8 Å². The second kappa shape index (κ2) is 5.75. The van der Waals surface area contributed by atoms with Crippen LogP contribution in [-0.4, -0.2) is 36.7 Å². The van der Waals surface area contributed by atoms with Crippen LogP contribution in [0.3, 0.4) is 0 Å². The standard InChI is InChI=1S/C10H14BrF3N2O/c1-7(11)5-15-9(17)16-4-2-3-8(6-16)10(12,13)14/h8H,1-6H2,(H,15,17). The summed E-state index contributed by atoms with van der Waals surface area (Å²) in [5.74, 6) is -1.41. The van der Waals surface area contributed by atoms with E-state index in [1.807, 2.05) is 0 Å². The highest BCUT2D eigenvalue weighted by Gasteiger charge is 2.42. The van der Waals surface area contributed by atoms with Gasteiger partial charge in [0, 0.05) is 17.6 Å². The Kier molecular flexibility index (Phi) is 4.85. The minimum absolute atomic E-state index is 0.0957. The molecule has 0 aromatic carbocycles. The Morgan fingerprint density at radius 3 is 2.71 bits per heavy atom. The van der Waals surface area contributed by atoms with Gasteiger partial charge in [0.05, 0.1) is 12.5 Å². The number of nitrogens with one attached hydrogen (secondary N) is 1. The summed E-state index contributed by atoms with van der Waals surface area (Å²) in [6.07, 6.45) is -3.75. The molecule has 1 fully saturated rings. The van der Waals surface area contributed by atoms with E-state index in [1.54, 1.807) is 0 Å². The molecular formula is C10H14BrF3N2O. The van der Waals surface area contributed by atoms with E-state index < -0.39 is 18.1 Å². The summed E-state index contributed by atoms with van der Waals surface area (Å²) < 4.78 is 38.1. The first-order valence-corrected chi connectivity index (χ1v) is 6.02. The first-order chi connectivity index (χ1) is 7.80. The third kappa shape index (κ3) is 4.57. The van der Waals surface area contributed by atoms with Crippen LogP contribution in [-0.2, 0) is 0 Å². The SMILES string of the molecule is C=C(Br)CNC(=O)N1CCCC(C(F)(F)F)C1. The highest BCUT2D eigenvalue weighted by molar-refractivity contribution is 9.11. The van der Waals surface area contributed by atoms with Gasteiger partial charge in [-0.1, -0.05) is 22.5 Å². The van der Waals surface area contributed by atoms with E-state index in [1.165, 1.54) is 4.90 Å². The van der Waals surface area contributed by atoms with Crippen LogP contribution in [0.25, 0.3) is 0 Å². The van der Waals surface area contributed by atoms with Gasteiger partial charge >= 0.3 is 12.2 Å². The van der Waals surface area contributed by atoms with Crippen molar-refractivity contribution in [3.63, 3.8) is 0 Å². The molecule has 3 nitrogen and oxygen atoms in total. The number of piperidine rings is 1. The number of nitrogens with zero attached hydrogens (tertiary/aromatic N) is 1. The molecule has 1 aliphatic rings. The molecule has 1 N–H and O–H groups in total. The quantitative estimate of drug-likeness (QED) is 0.835. The van der Waals surface area contributed by atoms with Crippen molar-refractivity contribution in [1.82, 2.24) is 10.2 Å². The molecule has 0 aromatic heterocycles. The maximum absolute atomic E-state index is 12.5. The molecule has 0 saturated carbocycles. The minimum Gasteiger partial charge on any atom is -0.333 e. The lowest BCUT2D eigenvalue weighted by atomic mass is 9.98. The van der Waals surface area contributed by atoms with E-state index in [-0.39, 0.29) is 19.5 Å². The van der Waals surface area contributed by atoms with Crippen LogP contribution in [0.1, 0.15) is 12.8 Å². The van der Waals surface area contributed by atoms with Crippen molar-refractivity contribution in [2.75, 3.05) is 19.6 Å². The Balaban J connectivity index is 2.49. The average Bonchev–Trinajstić information content (AvgIpc) is 2.25. The highest BCUT2D eigenvalue weighted by Crippen LogP contribution is 2.32. The molecule has 1 unspecified atom stereocenters. The zero-order valence-corrected chi connectivity index (χ0v) is 10.8. The predicted octanol–water partition coefficient (Wildman–Crippen LogP) is 2.88. The van der Waals surface area contributed by atoms with E-state index in [0.29, 0.717) is 17.4 Å². The second-order valence-electron chi connectivity index (χ2n) is 4.00. The lowest BCUT2D eigenvalue weighted by Crippen LogP contribution is -2.48. The van der Waals surface area contributed by atoms with Crippen LogP contribution in [0.5, 0.6) is 0 Å². The lowest BCUT2D eigenvalue weighted by Gasteiger charge is -2.33. The van der Waals surface area contributed by atoms with Gasteiger partial charge in [0.15, 0.2) is 0 Å². The summed E-state index contributed by atoms with van der Waals surface area (Å²) in [5, 5.41) is 2.50. The summed E-state index contributed by atoms with van der Waals surface area (Å²) in [7, 11) is 0. The van der Waals surface area contributed by atoms with Crippen LogP contribution in [0, 0.1) is 5.92 Å². The van der Waals surface area contributed by atoms with E-state index in [9.17, 15) is 18.0 Å². The number of amides is 2. The van der Waals surface area contributed by atoms with Crippen molar-refractivity contribution in [3.05, 3.63) is 11.1 Å². The topological polar surface area (TPSA) is 32.3 Å². The van der Waals surface area contributed by atoms with E-state index in [4.69, 9.17) is 0 Å². The Morgan fingerprint density at radius 2 is 2.18 bits per heavy atom. The molecule has 0 aromatic rings. The first kappa shape index (κ1) is 14.3. The molecule has 1 aliphatic heterocycles. The smallest absolute Gasteiger partial charge is 0.333 e. The van der Waals surface area contributed by atoms with Gasteiger partial charge in [-0.2, -0.15) is 13.2 Å². The fourth-order valence-corrected chi connectivity index (χ4v) is 1.85. The molecule has 98 valence electrons. The van der Waals surface area contributed by atoms with Gasteiger partial charge in [0.2, 0.25) is 0 Å². The number of carbonyl (C=O) groups is 1. The number of halogens is 4. The third-order valence-electron chi connectivity index (χ3n) is 2.60.